The minimum absolute atomic E-state index is 0.228. The summed E-state index contributed by atoms with van der Waals surface area (Å²) >= 11 is 1.77. The highest BCUT2D eigenvalue weighted by Gasteiger charge is 2.20. The molecule has 1 rings (SSSR count). The third-order valence-electron chi connectivity index (χ3n) is 2.68. The molecule has 0 aliphatic heterocycles. The summed E-state index contributed by atoms with van der Waals surface area (Å²) in [6.07, 6.45) is 2.19. The topological polar surface area (TPSA) is 33.1 Å². The molecule has 1 aromatic heterocycles. The summed E-state index contributed by atoms with van der Waals surface area (Å²) in [7, 11) is 0. The SMILES string of the molecule is CCCc1nc(C)c(C(CO)C(C)C)s1. The Hall–Kier alpha value is -0.410. The minimum Gasteiger partial charge on any atom is -0.396 e. The van der Waals surface area contributed by atoms with Gasteiger partial charge in [-0.15, -0.1) is 11.3 Å². The summed E-state index contributed by atoms with van der Waals surface area (Å²) < 4.78 is 0. The molecule has 3 heteroatoms. The zero-order chi connectivity index (χ0) is 11.4. The number of nitrogens with zero attached hydrogens (tertiary/aromatic N) is 1. The van der Waals surface area contributed by atoms with Crippen molar-refractivity contribution in [2.24, 2.45) is 5.92 Å². The first-order valence-corrected chi connectivity index (χ1v) is 6.48. The molecule has 0 amide bonds. The van der Waals surface area contributed by atoms with Crippen LogP contribution in [-0.2, 0) is 6.42 Å². The molecule has 2 nitrogen and oxygen atoms in total. The zero-order valence-corrected chi connectivity index (χ0v) is 10.9. The van der Waals surface area contributed by atoms with Crippen LogP contribution >= 0.6 is 11.3 Å². The molecule has 1 N–H and O–H groups in total. The highest BCUT2D eigenvalue weighted by atomic mass is 32.1. The van der Waals surface area contributed by atoms with E-state index in [0.29, 0.717) is 5.92 Å². The van der Waals surface area contributed by atoms with Gasteiger partial charge in [-0.1, -0.05) is 20.8 Å². The summed E-state index contributed by atoms with van der Waals surface area (Å²) in [5.74, 6) is 0.733. The number of aliphatic hydroxyl groups excluding tert-OH is 1. The van der Waals surface area contributed by atoms with E-state index in [0.717, 1.165) is 18.5 Å². The van der Waals surface area contributed by atoms with Crippen LogP contribution in [0.3, 0.4) is 0 Å². The van der Waals surface area contributed by atoms with Crippen LogP contribution in [0.5, 0.6) is 0 Å². The van der Waals surface area contributed by atoms with Gasteiger partial charge in [-0.2, -0.15) is 0 Å². The summed E-state index contributed by atoms with van der Waals surface area (Å²) in [5.41, 5.74) is 1.11. The van der Waals surface area contributed by atoms with Gasteiger partial charge in [-0.25, -0.2) is 4.98 Å². The molecule has 0 aromatic carbocycles. The van der Waals surface area contributed by atoms with E-state index < -0.39 is 0 Å². The maximum absolute atomic E-state index is 9.39. The molecule has 1 atom stereocenters. The molecule has 0 saturated heterocycles. The number of hydrogen-bond donors (Lipinski definition) is 1. The van der Waals surface area contributed by atoms with Crippen LogP contribution < -0.4 is 0 Å². The van der Waals surface area contributed by atoms with Gasteiger partial charge < -0.3 is 5.11 Å². The van der Waals surface area contributed by atoms with Crippen molar-refractivity contribution in [3.8, 4) is 0 Å². The van der Waals surface area contributed by atoms with E-state index in [2.05, 4.69) is 32.7 Å². The molecule has 1 heterocycles. The lowest BCUT2D eigenvalue weighted by Crippen LogP contribution is -2.10. The van der Waals surface area contributed by atoms with Crippen molar-refractivity contribution >= 4 is 11.3 Å². The Morgan fingerprint density at radius 3 is 2.53 bits per heavy atom. The third kappa shape index (κ3) is 3.02. The number of aryl methyl sites for hydroxylation is 2. The van der Waals surface area contributed by atoms with Crippen molar-refractivity contribution in [1.82, 2.24) is 4.98 Å². The van der Waals surface area contributed by atoms with Gasteiger partial charge in [-0.3, -0.25) is 0 Å². The van der Waals surface area contributed by atoms with Gasteiger partial charge in [0.05, 0.1) is 17.3 Å². The summed E-state index contributed by atoms with van der Waals surface area (Å²) in [4.78, 5) is 5.83. The molecule has 0 spiro atoms. The van der Waals surface area contributed by atoms with Gasteiger partial charge in [0.15, 0.2) is 0 Å². The van der Waals surface area contributed by atoms with Crippen LogP contribution in [-0.4, -0.2) is 16.7 Å². The van der Waals surface area contributed by atoms with Gasteiger partial charge in [0.2, 0.25) is 0 Å². The fourth-order valence-corrected chi connectivity index (χ4v) is 3.16. The zero-order valence-electron chi connectivity index (χ0n) is 10.1. The Morgan fingerprint density at radius 2 is 2.07 bits per heavy atom. The largest absolute Gasteiger partial charge is 0.396 e. The van der Waals surface area contributed by atoms with Crippen LogP contribution in [0.25, 0.3) is 0 Å². The molecule has 15 heavy (non-hydrogen) atoms. The van der Waals surface area contributed by atoms with E-state index in [1.807, 2.05) is 0 Å². The van der Waals surface area contributed by atoms with Crippen LogP contribution in [0.1, 0.15) is 48.7 Å². The number of aromatic nitrogens is 1. The number of thiazole rings is 1. The number of aliphatic hydroxyl groups is 1. The second-order valence-electron chi connectivity index (χ2n) is 4.34. The summed E-state index contributed by atoms with van der Waals surface area (Å²) in [6, 6.07) is 0. The third-order valence-corrected chi connectivity index (χ3v) is 4.03. The molecule has 1 unspecified atom stereocenters. The standard InChI is InChI=1S/C12H21NOS/c1-5-6-11-13-9(4)12(15-11)10(7-14)8(2)3/h8,10,14H,5-7H2,1-4H3. The quantitative estimate of drug-likeness (QED) is 0.838. The monoisotopic (exact) mass is 227 g/mol. The van der Waals surface area contributed by atoms with Crippen molar-refractivity contribution in [3.05, 3.63) is 15.6 Å². The smallest absolute Gasteiger partial charge is 0.0931 e. The highest BCUT2D eigenvalue weighted by molar-refractivity contribution is 7.11. The van der Waals surface area contributed by atoms with Crippen LogP contribution in [0.4, 0.5) is 0 Å². The van der Waals surface area contributed by atoms with E-state index in [-0.39, 0.29) is 12.5 Å². The molecule has 0 saturated carbocycles. The van der Waals surface area contributed by atoms with Crippen LogP contribution in [0, 0.1) is 12.8 Å². The molecule has 0 aliphatic carbocycles. The summed E-state index contributed by atoms with van der Waals surface area (Å²) in [5, 5.41) is 10.6. The van der Waals surface area contributed by atoms with Gasteiger partial charge in [0, 0.05) is 10.8 Å². The van der Waals surface area contributed by atoms with Crippen molar-refractivity contribution < 1.29 is 5.11 Å². The highest BCUT2D eigenvalue weighted by Crippen LogP contribution is 2.32. The molecule has 1 aromatic rings. The Labute approximate surface area is 96.4 Å². The van der Waals surface area contributed by atoms with Gasteiger partial charge >= 0.3 is 0 Å². The maximum Gasteiger partial charge on any atom is 0.0931 e. The fraction of sp³-hybridized carbons (Fsp3) is 0.750. The van der Waals surface area contributed by atoms with Gasteiger partial charge in [0.1, 0.15) is 0 Å². The Kier molecular flexibility index (Phi) is 4.74. The molecule has 0 aliphatic rings. The Morgan fingerprint density at radius 1 is 1.40 bits per heavy atom. The van der Waals surface area contributed by atoms with E-state index >= 15 is 0 Å². The van der Waals surface area contributed by atoms with Crippen molar-refractivity contribution in [1.29, 1.82) is 0 Å². The normalized spacial score (nSPS) is 13.5. The number of hydrogen-bond acceptors (Lipinski definition) is 3. The van der Waals surface area contributed by atoms with Crippen molar-refractivity contribution in [2.75, 3.05) is 6.61 Å². The Bertz CT molecular complexity index is 307. The average molecular weight is 227 g/mol. The maximum atomic E-state index is 9.39. The lowest BCUT2D eigenvalue weighted by atomic mass is 9.94. The average Bonchev–Trinajstić information content (AvgIpc) is 2.49. The van der Waals surface area contributed by atoms with E-state index in [4.69, 9.17) is 0 Å². The first-order valence-electron chi connectivity index (χ1n) is 5.67. The fourth-order valence-electron chi connectivity index (χ4n) is 1.73. The van der Waals surface area contributed by atoms with Crippen LogP contribution in [0.2, 0.25) is 0 Å². The van der Waals surface area contributed by atoms with Crippen LogP contribution in [0.15, 0.2) is 0 Å². The molecular weight excluding hydrogens is 206 g/mol. The Balaban J connectivity index is 2.91. The minimum atomic E-state index is 0.228. The molecule has 0 fully saturated rings. The molecule has 86 valence electrons. The summed E-state index contributed by atoms with van der Waals surface area (Å²) in [6.45, 7) is 8.75. The van der Waals surface area contributed by atoms with E-state index in [1.54, 1.807) is 11.3 Å². The van der Waals surface area contributed by atoms with Gasteiger partial charge in [0.25, 0.3) is 0 Å². The molecule has 0 bridgehead atoms. The van der Waals surface area contributed by atoms with Gasteiger partial charge in [-0.05, 0) is 25.7 Å². The second kappa shape index (κ2) is 5.61. The van der Waals surface area contributed by atoms with E-state index in [9.17, 15) is 5.11 Å². The second-order valence-corrected chi connectivity index (χ2v) is 5.46. The lowest BCUT2D eigenvalue weighted by Gasteiger charge is -2.16. The van der Waals surface area contributed by atoms with E-state index in [1.165, 1.54) is 9.88 Å². The lowest BCUT2D eigenvalue weighted by molar-refractivity contribution is 0.239. The predicted octanol–water partition coefficient (Wildman–Crippen LogP) is 3.14. The molecule has 0 radical (unpaired) electrons. The molecular formula is C12H21NOS. The first kappa shape index (κ1) is 12.7. The van der Waals surface area contributed by atoms with Crippen molar-refractivity contribution in [3.63, 3.8) is 0 Å². The first-order chi connectivity index (χ1) is 7.10. The van der Waals surface area contributed by atoms with Crippen molar-refractivity contribution in [2.45, 2.75) is 46.5 Å². The predicted molar refractivity (Wildman–Crippen MR) is 65.5 cm³/mol. The number of rotatable bonds is 5.